The third-order valence-corrected chi connectivity index (χ3v) is 6.17. The van der Waals surface area contributed by atoms with Gasteiger partial charge >= 0.3 is 5.97 Å². The van der Waals surface area contributed by atoms with Crippen LogP contribution in [0.4, 0.5) is 10.1 Å². The molecule has 5 nitrogen and oxygen atoms in total. The van der Waals surface area contributed by atoms with Gasteiger partial charge in [0.25, 0.3) is 5.69 Å². The molecule has 0 radical (unpaired) electrons. The SMILES string of the molecule is COC(=O)c1cc(Cl)c([Si](C)(C)C)c([N+](=O)[O-])c1-c1cccc(F)c1. The summed E-state index contributed by atoms with van der Waals surface area (Å²) in [6, 6.07) is 6.69. The Bertz CT molecular complexity index is 864. The highest BCUT2D eigenvalue weighted by Crippen LogP contribution is 2.37. The Morgan fingerprint density at radius 3 is 2.40 bits per heavy atom. The third kappa shape index (κ3) is 3.72. The van der Waals surface area contributed by atoms with Crippen LogP contribution in [-0.2, 0) is 4.74 Å². The molecular formula is C17H17ClFNO4Si. The van der Waals surface area contributed by atoms with Crippen LogP contribution >= 0.6 is 11.6 Å². The number of methoxy groups -OCH3 is 1. The molecule has 8 heteroatoms. The summed E-state index contributed by atoms with van der Waals surface area (Å²) in [5.41, 5.74) is -0.0779. The van der Waals surface area contributed by atoms with Gasteiger partial charge in [0.15, 0.2) is 0 Å². The minimum atomic E-state index is -2.25. The first-order chi connectivity index (χ1) is 11.6. The van der Waals surface area contributed by atoms with E-state index < -0.39 is 24.8 Å². The Labute approximate surface area is 150 Å². The van der Waals surface area contributed by atoms with Gasteiger partial charge in [0, 0.05) is 10.2 Å². The van der Waals surface area contributed by atoms with Gasteiger partial charge in [-0.1, -0.05) is 43.4 Å². The van der Waals surface area contributed by atoms with E-state index in [0.717, 1.165) is 6.07 Å². The summed E-state index contributed by atoms with van der Waals surface area (Å²) >= 11 is 6.30. The van der Waals surface area contributed by atoms with E-state index in [4.69, 9.17) is 16.3 Å². The molecule has 0 aromatic heterocycles. The van der Waals surface area contributed by atoms with Crippen LogP contribution in [0.3, 0.4) is 0 Å². The van der Waals surface area contributed by atoms with Gasteiger partial charge in [-0.15, -0.1) is 0 Å². The molecule has 0 amide bonds. The zero-order valence-corrected chi connectivity index (χ0v) is 16.0. The Morgan fingerprint density at radius 2 is 1.92 bits per heavy atom. The maximum atomic E-state index is 13.7. The monoisotopic (exact) mass is 381 g/mol. The first kappa shape index (κ1) is 19.1. The lowest BCUT2D eigenvalue weighted by molar-refractivity contribution is -0.383. The number of hydrogen-bond donors (Lipinski definition) is 0. The van der Waals surface area contributed by atoms with Crippen molar-refractivity contribution in [3.05, 3.63) is 56.8 Å². The fourth-order valence-electron chi connectivity index (χ4n) is 2.74. The third-order valence-electron chi connectivity index (χ3n) is 3.70. The fourth-order valence-corrected chi connectivity index (χ4v) is 5.50. The predicted octanol–water partition coefficient (Wildman–Crippen LogP) is 4.39. The highest BCUT2D eigenvalue weighted by molar-refractivity contribution is 6.91. The highest BCUT2D eigenvalue weighted by Gasteiger charge is 2.36. The van der Waals surface area contributed by atoms with Crippen molar-refractivity contribution in [2.45, 2.75) is 19.6 Å². The smallest absolute Gasteiger partial charge is 0.338 e. The summed E-state index contributed by atoms with van der Waals surface area (Å²) in [7, 11) is -1.08. The average molecular weight is 382 g/mol. The van der Waals surface area contributed by atoms with E-state index in [9.17, 15) is 19.3 Å². The van der Waals surface area contributed by atoms with E-state index in [1.54, 1.807) is 0 Å². The fraction of sp³-hybridized carbons (Fsp3) is 0.235. The van der Waals surface area contributed by atoms with Gasteiger partial charge in [0.1, 0.15) is 5.82 Å². The quantitative estimate of drug-likeness (QED) is 0.341. The highest BCUT2D eigenvalue weighted by atomic mass is 35.5. The van der Waals surface area contributed by atoms with Crippen LogP contribution in [-0.4, -0.2) is 26.1 Å². The maximum Gasteiger partial charge on any atom is 0.338 e. The molecule has 0 fully saturated rings. The number of ether oxygens (including phenoxy) is 1. The number of esters is 1. The van der Waals surface area contributed by atoms with Crippen molar-refractivity contribution in [1.29, 1.82) is 0 Å². The molecule has 0 atom stereocenters. The molecule has 0 N–H and O–H groups in total. The second-order valence-electron chi connectivity index (χ2n) is 6.51. The van der Waals surface area contributed by atoms with Crippen molar-refractivity contribution in [3.8, 4) is 11.1 Å². The predicted molar refractivity (Wildman–Crippen MR) is 97.8 cm³/mol. The van der Waals surface area contributed by atoms with E-state index in [-0.39, 0.29) is 27.4 Å². The molecule has 0 aliphatic rings. The Hall–Kier alpha value is -2.25. The van der Waals surface area contributed by atoms with Crippen LogP contribution < -0.4 is 5.19 Å². The molecule has 0 heterocycles. The molecule has 0 saturated heterocycles. The van der Waals surface area contributed by atoms with Crippen LogP contribution in [0.2, 0.25) is 24.7 Å². The van der Waals surface area contributed by atoms with Crippen molar-refractivity contribution in [2.24, 2.45) is 0 Å². The minimum absolute atomic E-state index is 0.0261. The Balaban J connectivity index is 3.04. The summed E-state index contributed by atoms with van der Waals surface area (Å²) < 4.78 is 18.5. The van der Waals surface area contributed by atoms with E-state index in [1.807, 2.05) is 19.6 Å². The molecule has 132 valence electrons. The Kier molecular flexibility index (Phi) is 5.29. The first-order valence-corrected chi connectivity index (χ1v) is 11.3. The number of hydrogen-bond acceptors (Lipinski definition) is 4. The second-order valence-corrected chi connectivity index (χ2v) is 11.9. The van der Waals surface area contributed by atoms with Crippen LogP contribution in [0.25, 0.3) is 11.1 Å². The molecular weight excluding hydrogens is 365 g/mol. The van der Waals surface area contributed by atoms with Crippen molar-refractivity contribution in [3.63, 3.8) is 0 Å². The van der Waals surface area contributed by atoms with Gasteiger partial charge in [-0.05, 0) is 23.8 Å². The Morgan fingerprint density at radius 1 is 1.28 bits per heavy atom. The summed E-state index contributed by atoms with van der Waals surface area (Å²) in [6.07, 6.45) is 0. The molecule has 2 aromatic rings. The first-order valence-electron chi connectivity index (χ1n) is 7.43. The summed E-state index contributed by atoms with van der Waals surface area (Å²) in [5, 5.41) is 12.4. The maximum absolute atomic E-state index is 13.7. The minimum Gasteiger partial charge on any atom is -0.465 e. The number of nitro benzene ring substituents is 1. The van der Waals surface area contributed by atoms with E-state index >= 15 is 0 Å². The van der Waals surface area contributed by atoms with Crippen LogP contribution in [0.1, 0.15) is 10.4 Å². The van der Waals surface area contributed by atoms with Crippen molar-refractivity contribution < 1.29 is 18.8 Å². The van der Waals surface area contributed by atoms with Crippen LogP contribution in [0.15, 0.2) is 30.3 Å². The van der Waals surface area contributed by atoms with E-state index in [0.29, 0.717) is 5.19 Å². The molecule has 0 aliphatic carbocycles. The largest absolute Gasteiger partial charge is 0.465 e. The zero-order chi connectivity index (χ0) is 18.9. The lowest BCUT2D eigenvalue weighted by Gasteiger charge is -2.21. The molecule has 0 bridgehead atoms. The van der Waals surface area contributed by atoms with Gasteiger partial charge in [0.05, 0.1) is 31.2 Å². The topological polar surface area (TPSA) is 69.4 Å². The lowest BCUT2D eigenvalue weighted by Crippen LogP contribution is -2.40. The standard InChI is InChI=1S/C17H17ClFNO4Si/c1-24-17(21)12-9-13(18)16(25(2,3)4)15(20(22)23)14(12)10-6-5-7-11(19)8-10/h5-9H,1-4H3. The van der Waals surface area contributed by atoms with E-state index in [1.165, 1.54) is 31.4 Å². The number of carbonyl (C=O) groups excluding carboxylic acids is 1. The summed E-state index contributed by atoms with van der Waals surface area (Å²) in [4.78, 5) is 23.5. The normalized spacial score (nSPS) is 11.3. The van der Waals surface area contributed by atoms with Crippen LogP contribution in [0, 0.1) is 15.9 Å². The van der Waals surface area contributed by atoms with Crippen molar-refractivity contribution >= 4 is 36.5 Å². The number of nitrogens with zero attached hydrogens (tertiary/aromatic N) is 1. The zero-order valence-electron chi connectivity index (χ0n) is 14.2. The van der Waals surface area contributed by atoms with Gasteiger partial charge < -0.3 is 4.74 Å². The number of carbonyl (C=O) groups is 1. The van der Waals surface area contributed by atoms with Gasteiger partial charge in [-0.25, -0.2) is 9.18 Å². The lowest BCUT2D eigenvalue weighted by atomic mass is 9.97. The molecule has 0 aliphatic heterocycles. The number of rotatable bonds is 4. The van der Waals surface area contributed by atoms with Gasteiger partial charge in [0.2, 0.25) is 0 Å². The number of benzene rings is 2. The molecule has 0 unspecified atom stereocenters. The number of nitro groups is 1. The summed E-state index contributed by atoms with van der Waals surface area (Å²) in [5.74, 6) is -1.33. The number of halogens is 2. The van der Waals surface area contributed by atoms with Crippen LogP contribution in [0.5, 0.6) is 0 Å². The molecule has 2 rings (SSSR count). The van der Waals surface area contributed by atoms with Gasteiger partial charge in [-0.3, -0.25) is 10.1 Å². The van der Waals surface area contributed by atoms with E-state index in [2.05, 4.69) is 0 Å². The second kappa shape index (κ2) is 6.93. The molecule has 0 spiro atoms. The molecule has 0 saturated carbocycles. The van der Waals surface area contributed by atoms with Crippen molar-refractivity contribution in [2.75, 3.05) is 7.11 Å². The molecule has 2 aromatic carbocycles. The average Bonchev–Trinajstić information content (AvgIpc) is 2.51. The van der Waals surface area contributed by atoms with Gasteiger partial charge in [-0.2, -0.15) is 0 Å². The van der Waals surface area contributed by atoms with Crippen molar-refractivity contribution in [1.82, 2.24) is 0 Å². The molecule has 25 heavy (non-hydrogen) atoms. The summed E-state index contributed by atoms with van der Waals surface area (Å²) in [6.45, 7) is 5.73.